The number of nitrogens with zero attached hydrogens (tertiary/aromatic N) is 3. The van der Waals surface area contributed by atoms with Gasteiger partial charge in [-0.1, -0.05) is 0 Å². The van der Waals surface area contributed by atoms with Crippen LogP contribution in [0.5, 0.6) is 0 Å². The molecule has 4 rings (SSSR count). The summed E-state index contributed by atoms with van der Waals surface area (Å²) in [6.07, 6.45) is 5.91. The topological polar surface area (TPSA) is 85.8 Å². The molecule has 1 aliphatic carbocycles. The Kier molecular flexibility index (Phi) is 7.81. The van der Waals surface area contributed by atoms with E-state index in [1.54, 1.807) is 29.9 Å². The minimum atomic E-state index is -0.0739. The number of rotatable bonds is 8. The largest absolute Gasteiger partial charge is 0.395 e. The zero-order valence-electron chi connectivity index (χ0n) is 18.2. The predicted octanol–water partition coefficient (Wildman–Crippen LogP) is 1.91. The molecule has 1 saturated carbocycles. The smallest absolute Gasteiger partial charge is 0.168 e. The van der Waals surface area contributed by atoms with E-state index >= 15 is 0 Å². The van der Waals surface area contributed by atoms with E-state index in [1.165, 1.54) is 0 Å². The van der Waals surface area contributed by atoms with Crippen molar-refractivity contribution in [2.75, 3.05) is 52.4 Å². The van der Waals surface area contributed by atoms with Crippen LogP contribution in [-0.4, -0.2) is 83.9 Å². The zero-order chi connectivity index (χ0) is 22.3. The van der Waals surface area contributed by atoms with Crippen molar-refractivity contribution in [3.8, 4) is 10.4 Å². The molecule has 1 saturated heterocycles. The Balaban J connectivity index is 1.26. The summed E-state index contributed by atoms with van der Waals surface area (Å²) in [7, 11) is 0. The van der Waals surface area contributed by atoms with Crippen molar-refractivity contribution in [2.45, 2.75) is 18.8 Å². The average Bonchev–Trinajstić information content (AvgIpc) is 3.30. The van der Waals surface area contributed by atoms with E-state index in [9.17, 15) is 9.59 Å². The number of β-amino-alcohol motifs (C(OH)–C–C–N with tert-alkyl or cyclic N) is 1. The molecule has 7 nitrogen and oxygen atoms in total. The number of piperazine rings is 1. The van der Waals surface area contributed by atoms with Gasteiger partial charge in [-0.15, -0.1) is 11.3 Å². The fourth-order valence-electron chi connectivity index (χ4n) is 4.28. The highest BCUT2D eigenvalue weighted by Crippen LogP contribution is 2.38. The summed E-state index contributed by atoms with van der Waals surface area (Å²) >= 11 is 1.65. The van der Waals surface area contributed by atoms with Gasteiger partial charge >= 0.3 is 0 Å². The van der Waals surface area contributed by atoms with Gasteiger partial charge in [0.05, 0.1) is 12.2 Å². The molecule has 1 aliphatic heterocycles. The van der Waals surface area contributed by atoms with Crippen LogP contribution < -0.4 is 5.32 Å². The summed E-state index contributed by atoms with van der Waals surface area (Å²) in [6.45, 7) is 6.39. The van der Waals surface area contributed by atoms with Crippen molar-refractivity contribution in [3.63, 3.8) is 0 Å². The lowest BCUT2D eigenvalue weighted by Crippen LogP contribution is -2.48. The highest BCUT2D eigenvalue weighted by Gasteiger charge is 2.32. The minimum absolute atomic E-state index is 0.0389. The van der Waals surface area contributed by atoms with E-state index in [1.807, 2.05) is 18.2 Å². The number of aliphatic hydroxyl groups is 1. The lowest BCUT2D eigenvalue weighted by atomic mass is 9.83. The first kappa shape index (κ1) is 22.8. The molecule has 2 N–H and O–H groups in total. The second-order valence-corrected chi connectivity index (χ2v) is 9.42. The number of hydrogen-bond acceptors (Lipinski definition) is 8. The van der Waals surface area contributed by atoms with Crippen molar-refractivity contribution in [1.82, 2.24) is 20.1 Å². The van der Waals surface area contributed by atoms with E-state index < -0.39 is 0 Å². The van der Waals surface area contributed by atoms with Gasteiger partial charge in [-0.2, -0.15) is 0 Å². The zero-order valence-corrected chi connectivity index (χ0v) is 19.0. The summed E-state index contributed by atoms with van der Waals surface area (Å²) in [6, 6.07) is 8.03. The van der Waals surface area contributed by atoms with Crippen LogP contribution in [0.2, 0.25) is 0 Å². The molecule has 0 atom stereocenters. The monoisotopic (exact) mass is 454 g/mol. The molecule has 0 aromatic carbocycles. The molecule has 2 aliphatic rings. The van der Waals surface area contributed by atoms with Crippen molar-refractivity contribution in [2.24, 2.45) is 0 Å². The van der Waals surface area contributed by atoms with Crippen molar-refractivity contribution < 1.29 is 14.7 Å². The van der Waals surface area contributed by atoms with Gasteiger partial charge in [-0.05, 0) is 29.8 Å². The van der Waals surface area contributed by atoms with Gasteiger partial charge in [0.15, 0.2) is 11.6 Å². The number of allylic oxidation sites excluding steroid dienone is 1. The first-order valence-corrected chi connectivity index (χ1v) is 12.0. The summed E-state index contributed by atoms with van der Waals surface area (Å²) in [5, 5.41) is 12.2. The summed E-state index contributed by atoms with van der Waals surface area (Å²) < 4.78 is 0. The standard InChI is InChI=1S/C24H30N4O3S/c29-14-13-28-11-9-27(10-12-28)8-7-26-17-20-21(30)15-19(16-22(20)31)24-2-1-23(32-24)18-3-5-25-6-4-18/h1-6,17,19,26,29H,7-16H2. The number of carbonyl (C=O) groups excluding carboxylic acids is 2. The van der Waals surface area contributed by atoms with Gasteiger partial charge in [0, 0.05) is 92.9 Å². The Morgan fingerprint density at radius 1 is 1.00 bits per heavy atom. The summed E-state index contributed by atoms with van der Waals surface area (Å²) in [5.74, 6) is -0.187. The normalized spacial score (nSPS) is 20.5. The second-order valence-electron chi connectivity index (χ2n) is 8.31. The van der Waals surface area contributed by atoms with E-state index in [0.717, 1.165) is 54.6 Å². The van der Waals surface area contributed by atoms with Crippen LogP contribution >= 0.6 is 11.3 Å². The number of carbonyl (C=O) groups is 2. The number of nitrogens with one attached hydrogen (secondary N) is 1. The molecule has 2 aromatic rings. The van der Waals surface area contributed by atoms with Crippen LogP contribution in [0.15, 0.2) is 48.4 Å². The van der Waals surface area contributed by atoms with Gasteiger partial charge in [0.25, 0.3) is 0 Å². The lowest BCUT2D eigenvalue weighted by Gasteiger charge is -2.34. The molecule has 3 heterocycles. The number of hydrogen-bond donors (Lipinski definition) is 2. The Labute approximate surface area is 192 Å². The third kappa shape index (κ3) is 5.69. The number of pyridine rings is 1. The van der Waals surface area contributed by atoms with E-state index in [2.05, 4.69) is 26.2 Å². The first-order chi connectivity index (χ1) is 15.6. The van der Waals surface area contributed by atoms with Gasteiger partial charge in [-0.3, -0.25) is 24.4 Å². The molecule has 2 fully saturated rings. The molecular formula is C24H30N4O3S. The van der Waals surface area contributed by atoms with Crippen LogP contribution in [0.25, 0.3) is 10.4 Å². The molecule has 0 bridgehead atoms. The Morgan fingerprint density at radius 3 is 2.31 bits per heavy atom. The van der Waals surface area contributed by atoms with E-state index in [-0.39, 0.29) is 24.1 Å². The number of aromatic nitrogens is 1. The SMILES string of the molecule is O=C1CC(c2ccc(-c3ccncc3)s2)CC(=O)C1=CNCCN1CCN(CCO)CC1. The van der Waals surface area contributed by atoms with E-state index in [4.69, 9.17) is 5.11 Å². The van der Waals surface area contributed by atoms with Crippen molar-refractivity contribution in [1.29, 1.82) is 0 Å². The molecule has 170 valence electrons. The fraction of sp³-hybridized carbons (Fsp3) is 0.458. The molecule has 32 heavy (non-hydrogen) atoms. The van der Waals surface area contributed by atoms with Crippen LogP contribution in [0.1, 0.15) is 23.6 Å². The second kappa shape index (κ2) is 11.0. The quantitative estimate of drug-likeness (QED) is 0.358. The molecular weight excluding hydrogens is 424 g/mol. The highest BCUT2D eigenvalue weighted by atomic mass is 32.1. The summed E-state index contributed by atoms with van der Waals surface area (Å²) in [4.78, 5) is 36.3. The Bertz CT molecular complexity index is 931. The molecule has 2 aromatic heterocycles. The fourth-order valence-corrected chi connectivity index (χ4v) is 5.39. The Hall–Kier alpha value is -2.39. The van der Waals surface area contributed by atoms with Crippen molar-refractivity contribution >= 4 is 22.9 Å². The maximum atomic E-state index is 12.7. The van der Waals surface area contributed by atoms with Gasteiger partial charge in [0.2, 0.25) is 0 Å². The minimum Gasteiger partial charge on any atom is -0.395 e. The molecule has 8 heteroatoms. The average molecular weight is 455 g/mol. The maximum Gasteiger partial charge on any atom is 0.168 e. The number of ketones is 2. The Morgan fingerprint density at radius 2 is 1.66 bits per heavy atom. The predicted molar refractivity (Wildman–Crippen MR) is 126 cm³/mol. The van der Waals surface area contributed by atoms with Gasteiger partial charge < -0.3 is 10.4 Å². The van der Waals surface area contributed by atoms with E-state index in [0.29, 0.717) is 25.0 Å². The lowest BCUT2D eigenvalue weighted by molar-refractivity contribution is -0.124. The van der Waals surface area contributed by atoms with Gasteiger partial charge in [-0.25, -0.2) is 0 Å². The molecule has 0 radical (unpaired) electrons. The maximum absolute atomic E-state index is 12.7. The van der Waals surface area contributed by atoms with Crippen LogP contribution in [-0.2, 0) is 9.59 Å². The third-order valence-corrected chi connectivity index (χ3v) is 7.46. The van der Waals surface area contributed by atoms with Crippen LogP contribution in [0, 0.1) is 0 Å². The first-order valence-electron chi connectivity index (χ1n) is 11.2. The van der Waals surface area contributed by atoms with Crippen LogP contribution in [0.3, 0.4) is 0 Å². The number of Topliss-reactive ketones (excluding diaryl/α,β-unsaturated/α-hetero) is 2. The third-order valence-electron chi connectivity index (χ3n) is 6.16. The van der Waals surface area contributed by atoms with Gasteiger partial charge in [0.1, 0.15) is 0 Å². The molecule has 0 unspecified atom stereocenters. The van der Waals surface area contributed by atoms with Crippen LogP contribution in [0.4, 0.5) is 0 Å². The highest BCUT2D eigenvalue weighted by molar-refractivity contribution is 7.15. The molecule has 0 spiro atoms. The summed E-state index contributed by atoms with van der Waals surface area (Å²) in [5.41, 5.74) is 1.41. The number of thiophene rings is 1. The molecule has 0 amide bonds. The number of aliphatic hydroxyl groups excluding tert-OH is 1. The van der Waals surface area contributed by atoms with Crippen molar-refractivity contribution in [3.05, 3.63) is 53.3 Å².